The van der Waals surface area contributed by atoms with Gasteiger partial charge in [-0.25, -0.2) is 9.59 Å². The number of ether oxygens (including phenoxy) is 3. The summed E-state index contributed by atoms with van der Waals surface area (Å²) in [5.74, 6) is -1.46. The number of aryl methyl sites for hydroxylation is 1. The van der Waals surface area contributed by atoms with Crippen LogP contribution in [0.25, 0.3) is 31.3 Å². The van der Waals surface area contributed by atoms with Gasteiger partial charge in [-0.15, -0.1) is 11.3 Å². The van der Waals surface area contributed by atoms with Crippen molar-refractivity contribution in [3.63, 3.8) is 0 Å². The number of halogens is 3. The number of methoxy groups -OCH3 is 1. The van der Waals surface area contributed by atoms with Crippen molar-refractivity contribution >= 4 is 43.4 Å². The Balaban J connectivity index is 1.70. The van der Waals surface area contributed by atoms with Crippen LogP contribution >= 0.6 is 11.3 Å². The maximum absolute atomic E-state index is 14.2. The minimum atomic E-state index is -4.76. The Morgan fingerprint density at radius 3 is 2.10 bits per heavy atom. The molecule has 3 aromatic carbocycles. The average molecular weight is 569 g/mol. The Hall–Kier alpha value is -4.11. The normalized spacial score (nSPS) is 11.4. The maximum atomic E-state index is 14.2. The minimum Gasteiger partial charge on any atom is -0.495 e. The van der Waals surface area contributed by atoms with E-state index in [0.717, 1.165) is 34.1 Å². The summed E-state index contributed by atoms with van der Waals surface area (Å²) in [6, 6.07) is 14.0. The molecule has 208 valence electrons. The second-order valence-corrected chi connectivity index (χ2v) is 10.3. The monoisotopic (exact) mass is 568 g/mol. The number of hydrogen-bond donors (Lipinski definition) is 0. The van der Waals surface area contributed by atoms with Crippen LogP contribution in [0.15, 0.2) is 72.8 Å². The van der Waals surface area contributed by atoms with E-state index >= 15 is 0 Å². The summed E-state index contributed by atoms with van der Waals surface area (Å²) < 4.78 is 59.1. The Morgan fingerprint density at radius 2 is 1.50 bits per heavy atom. The highest BCUT2D eigenvalue weighted by atomic mass is 32.1. The fraction of sp³-hybridized carbons (Fsp3) is 0.226. The first-order chi connectivity index (χ1) is 18.9. The lowest BCUT2D eigenvalue weighted by Crippen LogP contribution is -2.14. The van der Waals surface area contributed by atoms with E-state index in [1.165, 1.54) is 20.1 Å². The van der Waals surface area contributed by atoms with Gasteiger partial charge in [-0.2, -0.15) is 13.2 Å². The van der Waals surface area contributed by atoms with Gasteiger partial charge in [0.1, 0.15) is 17.1 Å². The first kappa shape index (κ1) is 28.9. The predicted molar refractivity (Wildman–Crippen MR) is 151 cm³/mol. The van der Waals surface area contributed by atoms with Crippen molar-refractivity contribution in [1.29, 1.82) is 0 Å². The number of alkyl halides is 3. The van der Waals surface area contributed by atoms with E-state index in [-0.39, 0.29) is 16.9 Å². The molecule has 0 atom stereocenters. The zero-order chi connectivity index (χ0) is 29.2. The molecular weight excluding hydrogens is 541 g/mol. The molecule has 4 aromatic rings. The third-order valence-electron chi connectivity index (χ3n) is 6.22. The number of rotatable bonds is 9. The SMILES string of the molecule is C=C(C)C(=O)OCCCc1ccc(-c2ccc3c(sc4c(C(F)(F)F)c(OC(=O)C(=C)C)ccc43)c2OC)cc1. The van der Waals surface area contributed by atoms with Crippen molar-refractivity contribution in [3.8, 4) is 22.6 Å². The van der Waals surface area contributed by atoms with Crippen LogP contribution < -0.4 is 9.47 Å². The van der Waals surface area contributed by atoms with Crippen molar-refractivity contribution in [3.05, 3.63) is 84.0 Å². The molecule has 0 amide bonds. The van der Waals surface area contributed by atoms with Gasteiger partial charge in [0.25, 0.3) is 0 Å². The topological polar surface area (TPSA) is 61.8 Å². The molecule has 0 saturated carbocycles. The summed E-state index contributed by atoms with van der Waals surface area (Å²) in [4.78, 5) is 23.5. The van der Waals surface area contributed by atoms with Gasteiger partial charge in [0.15, 0.2) is 0 Å². The molecule has 0 radical (unpaired) electrons. The van der Waals surface area contributed by atoms with Crippen LogP contribution in [0.3, 0.4) is 0 Å². The number of esters is 2. The van der Waals surface area contributed by atoms with Crippen LogP contribution in [-0.4, -0.2) is 25.7 Å². The molecule has 0 bridgehead atoms. The molecular formula is C31H27F3O5S. The molecule has 0 N–H and O–H groups in total. The molecule has 0 fully saturated rings. The zero-order valence-corrected chi connectivity index (χ0v) is 23.1. The standard InChI is InChI=1S/C31H27F3O5S/c1-17(2)29(35)38-16-6-7-19-8-10-20(11-9-19)21-12-13-23-22-14-15-24(39-30(36)18(3)4)25(31(32,33)34)27(22)40-28(23)26(21)37-5/h8-15H,1,3,6-7,16H2,2,4-5H3. The van der Waals surface area contributed by atoms with Crippen molar-refractivity contribution in [1.82, 2.24) is 0 Å². The molecule has 0 aliphatic heterocycles. The van der Waals surface area contributed by atoms with Gasteiger partial charge in [-0.05, 0) is 56.0 Å². The highest BCUT2D eigenvalue weighted by Crippen LogP contribution is 2.50. The Kier molecular flexibility index (Phi) is 8.34. The van der Waals surface area contributed by atoms with E-state index in [0.29, 0.717) is 39.6 Å². The second-order valence-electron chi connectivity index (χ2n) is 9.32. The lowest BCUT2D eigenvalue weighted by Gasteiger charge is -2.13. The van der Waals surface area contributed by atoms with Crippen molar-refractivity contribution in [2.24, 2.45) is 0 Å². The largest absolute Gasteiger partial charge is 0.495 e. The van der Waals surface area contributed by atoms with E-state index in [2.05, 4.69) is 13.2 Å². The predicted octanol–water partition coefficient (Wildman–Crippen LogP) is 8.28. The first-order valence-corrected chi connectivity index (χ1v) is 13.2. The first-order valence-electron chi connectivity index (χ1n) is 12.4. The average Bonchev–Trinajstić information content (AvgIpc) is 3.28. The number of thiophene rings is 1. The lowest BCUT2D eigenvalue weighted by atomic mass is 9.99. The van der Waals surface area contributed by atoms with Crippen LogP contribution in [0.5, 0.6) is 11.5 Å². The number of hydrogen-bond acceptors (Lipinski definition) is 6. The molecule has 0 spiro atoms. The number of fused-ring (bicyclic) bond motifs is 3. The fourth-order valence-electron chi connectivity index (χ4n) is 4.25. The van der Waals surface area contributed by atoms with Gasteiger partial charge in [-0.3, -0.25) is 0 Å². The van der Waals surface area contributed by atoms with Gasteiger partial charge in [0.2, 0.25) is 0 Å². The maximum Gasteiger partial charge on any atom is 0.421 e. The molecule has 0 saturated heterocycles. The van der Waals surface area contributed by atoms with Gasteiger partial charge >= 0.3 is 18.1 Å². The minimum absolute atomic E-state index is 0.00638. The molecule has 1 aromatic heterocycles. The summed E-state index contributed by atoms with van der Waals surface area (Å²) in [7, 11) is 1.48. The molecule has 0 aliphatic rings. The number of carbonyl (C=O) groups excluding carboxylic acids is 2. The van der Waals surface area contributed by atoms with E-state index in [1.54, 1.807) is 13.0 Å². The van der Waals surface area contributed by atoms with E-state index in [4.69, 9.17) is 14.2 Å². The highest BCUT2D eigenvalue weighted by Gasteiger charge is 2.38. The van der Waals surface area contributed by atoms with Crippen molar-refractivity contribution < 1.29 is 37.0 Å². The summed E-state index contributed by atoms with van der Waals surface area (Å²) >= 11 is 0.940. The highest BCUT2D eigenvalue weighted by molar-refractivity contribution is 7.26. The van der Waals surface area contributed by atoms with Crippen LogP contribution in [0.2, 0.25) is 0 Å². The summed E-state index contributed by atoms with van der Waals surface area (Å²) in [5, 5.41) is 0.986. The molecule has 5 nitrogen and oxygen atoms in total. The van der Waals surface area contributed by atoms with E-state index in [9.17, 15) is 22.8 Å². The van der Waals surface area contributed by atoms with Crippen molar-refractivity contribution in [2.45, 2.75) is 32.9 Å². The van der Waals surface area contributed by atoms with Crippen LogP contribution in [-0.2, 0) is 26.9 Å². The molecule has 1 heterocycles. The molecule has 0 aliphatic carbocycles. The summed E-state index contributed by atoms with van der Waals surface area (Å²) in [5.41, 5.74) is 1.95. The van der Waals surface area contributed by atoms with Crippen LogP contribution in [0, 0.1) is 0 Å². The molecule has 0 unspecified atom stereocenters. The Labute approximate surface area is 233 Å². The van der Waals surface area contributed by atoms with E-state index < -0.39 is 29.4 Å². The third kappa shape index (κ3) is 5.89. The van der Waals surface area contributed by atoms with E-state index in [1.807, 2.05) is 30.3 Å². The molecule has 9 heteroatoms. The Morgan fingerprint density at radius 1 is 0.875 bits per heavy atom. The lowest BCUT2D eigenvalue weighted by molar-refractivity contribution is -0.140. The quantitative estimate of drug-likeness (QED) is 0.0880. The number of carbonyl (C=O) groups is 2. The van der Waals surface area contributed by atoms with Crippen LogP contribution in [0.4, 0.5) is 13.2 Å². The second kappa shape index (κ2) is 11.6. The smallest absolute Gasteiger partial charge is 0.421 e. The Bertz CT molecular complexity index is 1630. The van der Waals surface area contributed by atoms with Crippen molar-refractivity contribution in [2.75, 3.05) is 13.7 Å². The molecule has 4 rings (SSSR count). The van der Waals surface area contributed by atoms with Gasteiger partial charge in [0, 0.05) is 27.5 Å². The third-order valence-corrected chi connectivity index (χ3v) is 7.46. The summed E-state index contributed by atoms with van der Waals surface area (Å²) in [6.45, 7) is 10.3. The van der Waals surface area contributed by atoms with Gasteiger partial charge in [0.05, 0.1) is 23.1 Å². The number of benzene rings is 3. The van der Waals surface area contributed by atoms with Gasteiger partial charge in [-0.1, -0.05) is 43.5 Å². The molecule has 40 heavy (non-hydrogen) atoms. The zero-order valence-electron chi connectivity index (χ0n) is 22.2. The summed E-state index contributed by atoms with van der Waals surface area (Å²) in [6.07, 6.45) is -3.41. The van der Waals surface area contributed by atoms with Crippen LogP contribution in [0.1, 0.15) is 31.4 Å². The van der Waals surface area contributed by atoms with Gasteiger partial charge < -0.3 is 14.2 Å². The fourth-order valence-corrected chi connectivity index (χ4v) is 5.63.